The second kappa shape index (κ2) is 3.71. The Kier molecular flexibility index (Phi) is 2.61. The fourth-order valence-electron chi connectivity index (χ4n) is 1.06. The summed E-state index contributed by atoms with van der Waals surface area (Å²) in [5, 5.41) is 6.86. The number of nitrogens with one attached hydrogen (secondary N) is 1. The Bertz CT molecular complexity index is 228. The molecule has 0 saturated heterocycles. The maximum Gasteiger partial charge on any atom is 0.0180 e. The van der Waals surface area contributed by atoms with Crippen LogP contribution in [0.4, 0.5) is 0 Å². The monoisotopic (exact) mass is 145 g/mol. The summed E-state index contributed by atoms with van der Waals surface area (Å²) in [6.07, 6.45) is 11.9. The average Bonchev–Trinajstić information content (AvgIpc) is 2.38. The third-order valence-electron chi connectivity index (χ3n) is 1.55. The highest BCUT2D eigenvalue weighted by Gasteiger charge is 2.02. The van der Waals surface area contributed by atoms with Crippen molar-refractivity contribution in [3.8, 4) is 0 Å². The van der Waals surface area contributed by atoms with Gasteiger partial charge in [0, 0.05) is 6.21 Å². The molecule has 1 N–H and O–H groups in total. The molecular formula is C10H11N. The Morgan fingerprint density at radius 3 is 2.45 bits per heavy atom. The molecule has 0 aromatic heterocycles. The first-order valence-electron chi connectivity index (χ1n) is 3.56. The summed E-state index contributed by atoms with van der Waals surface area (Å²) in [7, 11) is 0. The van der Waals surface area contributed by atoms with Crippen LogP contribution in [0, 0.1) is 5.41 Å². The minimum Gasteiger partial charge on any atom is -0.309 e. The molecule has 0 aromatic rings. The fraction of sp³-hybridized carbons (Fsp3) is 0.100. The predicted molar refractivity (Wildman–Crippen MR) is 48.9 cm³/mol. The van der Waals surface area contributed by atoms with Crippen LogP contribution in [0.5, 0.6) is 0 Å². The molecule has 0 spiro atoms. The number of hydrogen-bond acceptors (Lipinski definition) is 1. The Labute approximate surface area is 66.9 Å². The third kappa shape index (κ3) is 2.04. The van der Waals surface area contributed by atoms with Crippen LogP contribution in [0.3, 0.4) is 0 Å². The van der Waals surface area contributed by atoms with Gasteiger partial charge in [0.05, 0.1) is 0 Å². The van der Waals surface area contributed by atoms with Crippen molar-refractivity contribution in [1.82, 2.24) is 0 Å². The summed E-state index contributed by atoms with van der Waals surface area (Å²) in [6, 6.07) is 0. The van der Waals surface area contributed by atoms with E-state index in [-0.39, 0.29) is 0 Å². The lowest BCUT2D eigenvalue weighted by Crippen LogP contribution is -1.73. The van der Waals surface area contributed by atoms with Gasteiger partial charge in [-0.2, -0.15) is 0 Å². The van der Waals surface area contributed by atoms with Gasteiger partial charge < -0.3 is 5.41 Å². The molecule has 0 aliphatic heterocycles. The van der Waals surface area contributed by atoms with Crippen LogP contribution in [0.1, 0.15) is 6.42 Å². The lowest BCUT2D eigenvalue weighted by atomic mass is 10.2. The zero-order chi connectivity index (χ0) is 8.10. The molecule has 0 fully saturated rings. The molecule has 1 heteroatoms. The van der Waals surface area contributed by atoms with Gasteiger partial charge in [0.25, 0.3) is 0 Å². The first-order valence-corrected chi connectivity index (χ1v) is 3.56. The molecule has 0 heterocycles. The summed E-state index contributed by atoms with van der Waals surface area (Å²) in [5.74, 6) is 0. The first kappa shape index (κ1) is 7.73. The number of hydrogen-bond donors (Lipinski definition) is 1. The van der Waals surface area contributed by atoms with Crippen LogP contribution in [-0.2, 0) is 0 Å². The van der Waals surface area contributed by atoms with Crippen LogP contribution in [0.25, 0.3) is 0 Å². The molecule has 0 radical (unpaired) electrons. The molecule has 0 amide bonds. The van der Waals surface area contributed by atoms with E-state index in [1.165, 1.54) is 17.4 Å². The van der Waals surface area contributed by atoms with E-state index in [1.54, 1.807) is 12.2 Å². The molecule has 56 valence electrons. The zero-order valence-corrected chi connectivity index (χ0v) is 6.38. The highest BCUT2D eigenvalue weighted by molar-refractivity contribution is 5.71. The van der Waals surface area contributed by atoms with Crippen molar-refractivity contribution in [2.24, 2.45) is 0 Å². The van der Waals surface area contributed by atoms with E-state index in [1.807, 2.05) is 12.2 Å². The van der Waals surface area contributed by atoms with E-state index in [2.05, 4.69) is 12.7 Å². The van der Waals surface area contributed by atoms with E-state index in [0.29, 0.717) is 0 Å². The Morgan fingerprint density at radius 1 is 1.27 bits per heavy atom. The second-order valence-corrected chi connectivity index (χ2v) is 2.40. The summed E-state index contributed by atoms with van der Waals surface area (Å²) in [6.45, 7) is 3.62. The average molecular weight is 145 g/mol. The van der Waals surface area contributed by atoms with Crippen molar-refractivity contribution in [3.05, 3.63) is 48.1 Å². The van der Waals surface area contributed by atoms with Gasteiger partial charge in [-0.15, -0.1) is 0 Å². The fourth-order valence-corrected chi connectivity index (χ4v) is 1.06. The zero-order valence-electron chi connectivity index (χ0n) is 6.38. The second-order valence-electron chi connectivity index (χ2n) is 2.40. The smallest absolute Gasteiger partial charge is 0.0180 e. The normalized spacial score (nSPS) is 22.9. The Hall–Kier alpha value is -1.37. The highest BCUT2D eigenvalue weighted by Crippen LogP contribution is 2.20. The van der Waals surface area contributed by atoms with Crippen LogP contribution >= 0.6 is 0 Å². The minimum atomic E-state index is 0.932. The molecular weight excluding hydrogens is 134 g/mol. The molecule has 0 saturated carbocycles. The van der Waals surface area contributed by atoms with Gasteiger partial charge in [0.2, 0.25) is 0 Å². The summed E-state index contributed by atoms with van der Waals surface area (Å²) in [4.78, 5) is 0. The molecule has 0 atom stereocenters. The van der Waals surface area contributed by atoms with Crippen molar-refractivity contribution in [2.45, 2.75) is 6.42 Å². The van der Waals surface area contributed by atoms with Gasteiger partial charge in [-0.05, 0) is 23.6 Å². The molecule has 0 unspecified atom stereocenters. The van der Waals surface area contributed by atoms with Crippen molar-refractivity contribution >= 4 is 6.21 Å². The summed E-state index contributed by atoms with van der Waals surface area (Å²) in [5.41, 5.74) is 2.45. The van der Waals surface area contributed by atoms with E-state index in [0.717, 1.165) is 6.42 Å². The maximum absolute atomic E-state index is 6.86. The Balaban J connectivity index is 2.69. The van der Waals surface area contributed by atoms with Gasteiger partial charge >= 0.3 is 0 Å². The van der Waals surface area contributed by atoms with E-state index in [9.17, 15) is 0 Å². The van der Waals surface area contributed by atoms with Crippen LogP contribution in [-0.4, -0.2) is 6.21 Å². The van der Waals surface area contributed by atoms with Crippen LogP contribution < -0.4 is 0 Å². The van der Waals surface area contributed by atoms with Gasteiger partial charge in [0.1, 0.15) is 0 Å². The lowest BCUT2D eigenvalue weighted by Gasteiger charge is -1.90. The molecule has 1 nitrogen and oxygen atoms in total. The predicted octanol–water partition coefficient (Wildman–Crippen LogP) is 2.63. The Morgan fingerprint density at radius 2 is 1.91 bits per heavy atom. The standard InChI is InChI=1S/C10H11N/c1-2-3-9-4-5-10(8-9)6-7-11/h2-7,11H,1,8H2/b9-3-,10-6-,11-7?. The van der Waals surface area contributed by atoms with Gasteiger partial charge in [0.15, 0.2) is 0 Å². The largest absolute Gasteiger partial charge is 0.309 e. The number of allylic oxidation sites excluding steroid dienone is 7. The molecule has 0 aromatic carbocycles. The van der Waals surface area contributed by atoms with Crippen LogP contribution in [0.15, 0.2) is 48.1 Å². The molecule has 1 rings (SSSR count). The minimum absolute atomic E-state index is 0.932. The van der Waals surface area contributed by atoms with Crippen molar-refractivity contribution in [1.29, 1.82) is 5.41 Å². The molecule has 11 heavy (non-hydrogen) atoms. The lowest BCUT2D eigenvalue weighted by molar-refractivity contribution is 1.27. The van der Waals surface area contributed by atoms with Crippen LogP contribution in [0.2, 0.25) is 0 Å². The van der Waals surface area contributed by atoms with Gasteiger partial charge in [-0.25, -0.2) is 0 Å². The number of rotatable bonds is 2. The van der Waals surface area contributed by atoms with E-state index >= 15 is 0 Å². The first-order chi connectivity index (χ1) is 5.36. The van der Waals surface area contributed by atoms with Gasteiger partial charge in [-0.3, -0.25) is 0 Å². The summed E-state index contributed by atoms with van der Waals surface area (Å²) >= 11 is 0. The van der Waals surface area contributed by atoms with E-state index < -0.39 is 0 Å². The third-order valence-corrected chi connectivity index (χ3v) is 1.55. The van der Waals surface area contributed by atoms with E-state index in [4.69, 9.17) is 5.41 Å². The van der Waals surface area contributed by atoms with Crippen molar-refractivity contribution in [2.75, 3.05) is 0 Å². The highest BCUT2D eigenvalue weighted by atomic mass is 14.3. The topological polar surface area (TPSA) is 23.9 Å². The molecule has 1 aliphatic carbocycles. The maximum atomic E-state index is 6.86. The molecule has 1 aliphatic rings. The van der Waals surface area contributed by atoms with Crippen molar-refractivity contribution < 1.29 is 0 Å². The summed E-state index contributed by atoms with van der Waals surface area (Å²) < 4.78 is 0. The van der Waals surface area contributed by atoms with Gasteiger partial charge in [-0.1, -0.05) is 30.9 Å². The quantitative estimate of drug-likeness (QED) is 0.577. The SMILES string of the molecule is C=C/C=C1C=C/C(=C/C=N)C/1. The van der Waals surface area contributed by atoms with Crippen molar-refractivity contribution in [3.63, 3.8) is 0 Å². The molecule has 0 bridgehead atoms.